The Balaban J connectivity index is 1.84. The molecule has 0 saturated carbocycles. The third-order valence-electron chi connectivity index (χ3n) is 2.96. The monoisotopic (exact) mass is 321 g/mol. The molecule has 1 aliphatic rings. The highest BCUT2D eigenvalue weighted by Gasteiger charge is 2.20. The van der Waals surface area contributed by atoms with E-state index in [0.717, 1.165) is 15.7 Å². The van der Waals surface area contributed by atoms with Crippen molar-refractivity contribution in [2.45, 2.75) is 12.5 Å². The van der Waals surface area contributed by atoms with E-state index in [1.165, 1.54) is 0 Å². The van der Waals surface area contributed by atoms with Gasteiger partial charge in [0.2, 0.25) is 6.79 Å². The van der Waals surface area contributed by atoms with E-state index in [1.807, 2.05) is 24.3 Å². The molecule has 0 fully saturated rings. The standard InChI is InChI=1S/C14H12BrNO3/c15-11-5-9(6-13-14(11)19-8-18-13)12(17)7-10-3-1-2-4-16-10/h1-6,12,17H,7-8H2. The molecular weight excluding hydrogens is 310 g/mol. The average Bonchev–Trinajstić information content (AvgIpc) is 2.88. The van der Waals surface area contributed by atoms with Crippen molar-refractivity contribution in [2.75, 3.05) is 6.79 Å². The van der Waals surface area contributed by atoms with Gasteiger partial charge in [-0.05, 0) is 45.8 Å². The Labute approximate surface area is 119 Å². The van der Waals surface area contributed by atoms with Crippen LogP contribution in [0.15, 0.2) is 41.0 Å². The maximum Gasteiger partial charge on any atom is 0.231 e. The van der Waals surface area contributed by atoms with Crippen LogP contribution in [0.5, 0.6) is 11.5 Å². The van der Waals surface area contributed by atoms with Crippen LogP contribution in [0, 0.1) is 0 Å². The summed E-state index contributed by atoms with van der Waals surface area (Å²) in [4.78, 5) is 4.21. The van der Waals surface area contributed by atoms with Gasteiger partial charge in [-0.2, -0.15) is 0 Å². The Hall–Kier alpha value is -1.59. The van der Waals surface area contributed by atoms with Crippen molar-refractivity contribution < 1.29 is 14.6 Å². The number of aromatic nitrogens is 1. The van der Waals surface area contributed by atoms with Gasteiger partial charge in [-0.15, -0.1) is 0 Å². The largest absolute Gasteiger partial charge is 0.454 e. The molecule has 0 aliphatic carbocycles. The zero-order valence-corrected chi connectivity index (χ0v) is 11.6. The number of nitrogens with zero attached hydrogens (tertiary/aromatic N) is 1. The van der Waals surface area contributed by atoms with Crippen LogP contribution in [-0.2, 0) is 6.42 Å². The first-order valence-corrected chi connectivity index (χ1v) is 6.70. The quantitative estimate of drug-likeness (QED) is 0.944. The number of hydrogen-bond donors (Lipinski definition) is 1. The molecule has 1 aromatic heterocycles. The molecule has 0 radical (unpaired) electrons. The Bertz CT molecular complexity index is 589. The summed E-state index contributed by atoms with van der Waals surface area (Å²) in [5.74, 6) is 1.35. The van der Waals surface area contributed by atoms with Crippen LogP contribution in [0.1, 0.15) is 17.4 Å². The fraction of sp³-hybridized carbons (Fsp3) is 0.214. The van der Waals surface area contributed by atoms with E-state index in [9.17, 15) is 5.11 Å². The summed E-state index contributed by atoms with van der Waals surface area (Å²) in [5, 5.41) is 10.3. The van der Waals surface area contributed by atoms with Gasteiger partial charge in [0.1, 0.15) is 0 Å². The molecule has 4 nitrogen and oxygen atoms in total. The SMILES string of the molecule is OC(Cc1ccccn1)c1cc(Br)c2c(c1)OCO2. The maximum absolute atomic E-state index is 10.3. The molecule has 1 atom stereocenters. The average molecular weight is 322 g/mol. The van der Waals surface area contributed by atoms with Crippen molar-refractivity contribution in [3.05, 3.63) is 52.3 Å². The number of pyridine rings is 1. The molecular formula is C14H12BrNO3. The first-order valence-electron chi connectivity index (χ1n) is 5.91. The molecule has 0 amide bonds. The van der Waals surface area contributed by atoms with Crippen molar-refractivity contribution >= 4 is 15.9 Å². The third-order valence-corrected chi connectivity index (χ3v) is 3.55. The first kappa shape index (κ1) is 12.4. The summed E-state index contributed by atoms with van der Waals surface area (Å²) < 4.78 is 11.4. The van der Waals surface area contributed by atoms with Crippen LogP contribution < -0.4 is 9.47 Å². The maximum atomic E-state index is 10.3. The van der Waals surface area contributed by atoms with Crippen molar-refractivity contribution in [1.29, 1.82) is 0 Å². The van der Waals surface area contributed by atoms with Gasteiger partial charge >= 0.3 is 0 Å². The van der Waals surface area contributed by atoms with E-state index >= 15 is 0 Å². The predicted molar refractivity (Wildman–Crippen MR) is 73.2 cm³/mol. The van der Waals surface area contributed by atoms with E-state index in [2.05, 4.69) is 20.9 Å². The Morgan fingerprint density at radius 1 is 1.32 bits per heavy atom. The topological polar surface area (TPSA) is 51.6 Å². The van der Waals surface area contributed by atoms with Gasteiger partial charge in [0.25, 0.3) is 0 Å². The van der Waals surface area contributed by atoms with Crippen molar-refractivity contribution in [3.63, 3.8) is 0 Å². The minimum absolute atomic E-state index is 0.216. The van der Waals surface area contributed by atoms with Crippen molar-refractivity contribution in [1.82, 2.24) is 4.98 Å². The van der Waals surface area contributed by atoms with Crippen LogP contribution in [0.3, 0.4) is 0 Å². The van der Waals surface area contributed by atoms with Gasteiger partial charge in [-0.3, -0.25) is 4.98 Å². The highest BCUT2D eigenvalue weighted by molar-refractivity contribution is 9.10. The molecule has 1 N–H and O–H groups in total. The number of hydrogen-bond acceptors (Lipinski definition) is 4. The normalized spacial score (nSPS) is 14.4. The number of rotatable bonds is 3. The fourth-order valence-corrected chi connectivity index (χ4v) is 2.59. The zero-order valence-electron chi connectivity index (χ0n) is 10.0. The van der Waals surface area contributed by atoms with Gasteiger partial charge in [0.15, 0.2) is 11.5 Å². The molecule has 0 spiro atoms. The number of aliphatic hydroxyl groups excluding tert-OH is 1. The van der Waals surface area contributed by atoms with Gasteiger partial charge in [0.05, 0.1) is 10.6 Å². The van der Waals surface area contributed by atoms with Crippen LogP contribution in [0.4, 0.5) is 0 Å². The van der Waals surface area contributed by atoms with E-state index in [-0.39, 0.29) is 6.79 Å². The number of benzene rings is 1. The lowest BCUT2D eigenvalue weighted by Gasteiger charge is -2.12. The Morgan fingerprint density at radius 2 is 2.21 bits per heavy atom. The molecule has 2 heterocycles. The van der Waals surface area contributed by atoms with Crippen LogP contribution in [0.2, 0.25) is 0 Å². The first-order chi connectivity index (χ1) is 9.24. The van der Waals surface area contributed by atoms with Gasteiger partial charge in [-0.25, -0.2) is 0 Å². The molecule has 19 heavy (non-hydrogen) atoms. The molecule has 2 aromatic rings. The highest BCUT2D eigenvalue weighted by Crippen LogP contribution is 2.41. The number of fused-ring (bicyclic) bond motifs is 1. The molecule has 1 aromatic carbocycles. The van der Waals surface area contributed by atoms with E-state index in [0.29, 0.717) is 17.9 Å². The van der Waals surface area contributed by atoms with Crippen LogP contribution in [0.25, 0.3) is 0 Å². The highest BCUT2D eigenvalue weighted by atomic mass is 79.9. The molecule has 3 rings (SSSR count). The predicted octanol–water partition coefficient (Wildman–Crippen LogP) is 2.85. The fourth-order valence-electron chi connectivity index (χ4n) is 2.01. The van der Waals surface area contributed by atoms with Crippen molar-refractivity contribution in [3.8, 4) is 11.5 Å². The Morgan fingerprint density at radius 3 is 3.00 bits per heavy atom. The van der Waals surface area contributed by atoms with Gasteiger partial charge in [0, 0.05) is 18.3 Å². The van der Waals surface area contributed by atoms with E-state index in [4.69, 9.17) is 9.47 Å². The van der Waals surface area contributed by atoms with Gasteiger partial charge in [-0.1, -0.05) is 6.07 Å². The number of halogens is 1. The third kappa shape index (κ3) is 2.57. The summed E-state index contributed by atoms with van der Waals surface area (Å²) in [6.07, 6.45) is 1.56. The minimum atomic E-state index is -0.624. The summed E-state index contributed by atoms with van der Waals surface area (Å²) >= 11 is 3.42. The lowest BCUT2D eigenvalue weighted by atomic mass is 10.0. The summed E-state index contributed by atoms with van der Waals surface area (Å²) in [6.45, 7) is 0.216. The van der Waals surface area contributed by atoms with Gasteiger partial charge < -0.3 is 14.6 Å². The van der Waals surface area contributed by atoms with Crippen LogP contribution >= 0.6 is 15.9 Å². The smallest absolute Gasteiger partial charge is 0.231 e. The van der Waals surface area contributed by atoms with E-state index < -0.39 is 6.10 Å². The zero-order chi connectivity index (χ0) is 13.2. The molecule has 5 heteroatoms. The molecule has 1 aliphatic heterocycles. The summed E-state index contributed by atoms with van der Waals surface area (Å²) in [7, 11) is 0. The molecule has 0 saturated heterocycles. The lowest BCUT2D eigenvalue weighted by Crippen LogP contribution is -2.03. The molecule has 1 unspecified atom stereocenters. The second-order valence-corrected chi connectivity index (χ2v) is 5.13. The second kappa shape index (κ2) is 5.19. The van der Waals surface area contributed by atoms with Crippen molar-refractivity contribution in [2.24, 2.45) is 0 Å². The molecule has 98 valence electrons. The summed E-state index contributed by atoms with van der Waals surface area (Å²) in [5.41, 5.74) is 1.63. The lowest BCUT2D eigenvalue weighted by molar-refractivity contribution is 0.171. The summed E-state index contributed by atoms with van der Waals surface area (Å²) in [6, 6.07) is 9.31. The van der Waals surface area contributed by atoms with E-state index in [1.54, 1.807) is 12.3 Å². The minimum Gasteiger partial charge on any atom is -0.454 e. The molecule has 0 bridgehead atoms. The van der Waals surface area contributed by atoms with Crippen LogP contribution in [-0.4, -0.2) is 16.9 Å². The number of aliphatic hydroxyl groups is 1. The Kier molecular flexibility index (Phi) is 3.40. The second-order valence-electron chi connectivity index (χ2n) is 4.28. The number of ether oxygens (including phenoxy) is 2.